The van der Waals surface area contributed by atoms with E-state index in [0.29, 0.717) is 0 Å². The predicted octanol–water partition coefficient (Wildman–Crippen LogP) is -5.31. The van der Waals surface area contributed by atoms with Crippen LogP contribution in [0.2, 0.25) is 0 Å². The zero-order valence-corrected chi connectivity index (χ0v) is 32.4. The number of phenols is 1. The van der Waals surface area contributed by atoms with Gasteiger partial charge in [-0.3, -0.25) is 58.1 Å². The van der Waals surface area contributed by atoms with Gasteiger partial charge in [0, 0.05) is 30.2 Å². The molecule has 0 aromatic heterocycles. The third-order valence-corrected chi connectivity index (χ3v) is 10.8. The molecule has 14 N–H and O–H groups in total. The fourth-order valence-electron chi connectivity index (χ4n) is 5.33. The van der Waals surface area contributed by atoms with E-state index < -0.39 is 144 Å². The first kappa shape index (κ1) is 46.9. The number of rotatable bonds is 8. The number of carbonyl (C=O) groups excluding carboxylic acids is 9. The van der Waals surface area contributed by atoms with Crippen molar-refractivity contribution in [2.24, 2.45) is 17.2 Å². The Bertz CT molecular complexity index is 1900. The molecule has 0 bridgehead atoms. The zero-order valence-electron chi connectivity index (χ0n) is 30.7. The third-order valence-electron chi connectivity index (χ3n) is 8.33. The molecular formula is C32H41N11O14S2. The lowest BCUT2D eigenvalue weighted by molar-refractivity contribution is -0.385. The van der Waals surface area contributed by atoms with Gasteiger partial charge in [0.15, 0.2) is 5.75 Å². The average molecular weight is 868 g/mol. The molecule has 59 heavy (non-hydrogen) atoms. The number of carboxylic acids is 1. The summed E-state index contributed by atoms with van der Waals surface area (Å²) < 4.78 is 0. The van der Waals surface area contributed by atoms with Crippen LogP contribution in [0.3, 0.4) is 0 Å². The quantitative estimate of drug-likeness (QED) is 0.0660. The highest BCUT2D eigenvalue weighted by molar-refractivity contribution is 8.76. The number of amides is 9. The monoisotopic (exact) mass is 867 g/mol. The number of aliphatic carboxylic acids is 1. The van der Waals surface area contributed by atoms with E-state index in [1.807, 2.05) is 0 Å². The lowest BCUT2D eigenvalue weighted by Gasteiger charge is -2.27. The van der Waals surface area contributed by atoms with E-state index in [1.54, 1.807) is 0 Å². The molecule has 9 amide bonds. The van der Waals surface area contributed by atoms with Crippen molar-refractivity contribution < 1.29 is 63.1 Å². The molecule has 2 aliphatic heterocycles. The molecule has 6 atom stereocenters. The average Bonchev–Trinajstić information content (AvgIpc) is 3.66. The largest absolute Gasteiger partial charge is 0.502 e. The number of phenolic OH excluding ortho intramolecular Hbond substituents is 1. The summed E-state index contributed by atoms with van der Waals surface area (Å²) in [7, 11) is 1.85. The van der Waals surface area contributed by atoms with Crippen LogP contribution >= 0.6 is 21.6 Å². The molecule has 25 nitrogen and oxygen atoms in total. The molecule has 27 heteroatoms. The Morgan fingerprint density at radius 2 is 1.46 bits per heavy atom. The van der Waals surface area contributed by atoms with Gasteiger partial charge in [0.1, 0.15) is 30.2 Å². The molecule has 0 aliphatic carbocycles. The van der Waals surface area contributed by atoms with Gasteiger partial charge in [-0.15, -0.1) is 0 Å². The first-order valence-electron chi connectivity index (χ1n) is 17.3. The number of carboxylic acid groups (broad SMARTS) is 1. The molecule has 320 valence electrons. The van der Waals surface area contributed by atoms with Crippen molar-refractivity contribution in [1.29, 1.82) is 0 Å². The zero-order chi connectivity index (χ0) is 44.0. The molecule has 3 rings (SSSR count). The van der Waals surface area contributed by atoms with Crippen LogP contribution in [0.25, 0.3) is 0 Å². The van der Waals surface area contributed by atoms with Crippen LogP contribution in [-0.2, 0) is 54.4 Å². The van der Waals surface area contributed by atoms with Crippen molar-refractivity contribution in [2.45, 2.75) is 61.9 Å². The van der Waals surface area contributed by atoms with Gasteiger partial charge in [-0.1, -0.05) is 33.7 Å². The van der Waals surface area contributed by atoms with Crippen LogP contribution in [0, 0.1) is 10.1 Å². The molecule has 0 radical (unpaired) electrons. The Morgan fingerprint density at radius 3 is 2.10 bits per heavy atom. The highest BCUT2D eigenvalue weighted by Gasteiger charge is 2.36. The van der Waals surface area contributed by atoms with Crippen molar-refractivity contribution in [3.05, 3.63) is 46.2 Å². The minimum Gasteiger partial charge on any atom is -0.502 e. The second-order valence-electron chi connectivity index (χ2n) is 12.8. The SMILES string of the molecule is NC(=O)C[C@@H]1NC(=O)[C@@H]2CC=CN2C(=O)CNC(=O)[C@H](Cc2ccc(O)c([N+](=O)[O-])c2)NC(=O)CNC(=O)[C@@H](CC(=O)O)NC(=O)[C@H](N)CSSC[C@H](C(N)=O)NC1=O. The lowest BCUT2D eigenvalue weighted by Crippen LogP contribution is -2.57. The maximum Gasteiger partial charge on any atom is 0.310 e. The van der Waals surface area contributed by atoms with Crippen LogP contribution < -0.4 is 49.1 Å². The molecule has 2 heterocycles. The second-order valence-corrected chi connectivity index (χ2v) is 15.4. The molecule has 1 aromatic rings. The minimum absolute atomic E-state index is 0.0537. The van der Waals surface area contributed by atoms with Gasteiger partial charge in [0.25, 0.3) is 0 Å². The smallest absolute Gasteiger partial charge is 0.310 e. The minimum atomic E-state index is -1.75. The van der Waals surface area contributed by atoms with Crippen molar-refractivity contribution >= 4 is 86.4 Å². The Balaban J connectivity index is 1.94. The van der Waals surface area contributed by atoms with Gasteiger partial charge in [-0.25, -0.2) is 0 Å². The van der Waals surface area contributed by atoms with Crippen molar-refractivity contribution in [3.63, 3.8) is 0 Å². The predicted molar refractivity (Wildman–Crippen MR) is 205 cm³/mol. The number of nitrogens with one attached hydrogen (secondary N) is 6. The van der Waals surface area contributed by atoms with Gasteiger partial charge in [0.2, 0.25) is 53.2 Å². The number of hydrogen-bond donors (Lipinski definition) is 11. The van der Waals surface area contributed by atoms with Crippen molar-refractivity contribution in [3.8, 4) is 5.75 Å². The van der Waals surface area contributed by atoms with Gasteiger partial charge >= 0.3 is 11.7 Å². The molecule has 2 aliphatic rings. The van der Waals surface area contributed by atoms with Gasteiger partial charge < -0.3 is 64.2 Å². The normalized spacial score (nSPS) is 24.6. The van der Waals surface area contributed by atoms with E-state index in [0.717, 1.165) is 38.6 Å². The van der Waals surface area contributed by atoms with E-state index in [2.05, 4.69) is 31.9 Å². The van der Waals surface area contributed by atoms with E-state index in [-0.39, 0.29) is 23.5 Å². The molecule has 1 fully saturated rings. The van der Waals surface area contributed by atoms with Crippen LogP contribution in [-0.4, -0.2) is 140 Å². The highest BCUT2D eigenvalue weighted by atomic mass is 33.1. The standard InChI is InChI=1S/C32H41N11O14S2/c33-15-12-58-59-13-19(27(35)50)41-31(54)17(8-23(34)45)40-32(55)20-2-1-5-42(20)25(47)11-37-29(52)16(6-14-3-4-22(44)21(7-14)43(56)57)38-24(46)10-36-30(53)18(9-26(48)49)39-28(15)51/h1,3-5,7,15-20,44H,2,6,8-13,33H2,(H2,34,45)(H2,35,50)(H,36,53)(H,37,52)(H,38,46)(H,39,51)(H,40,55)(H,41,54)(H,48,49)/t15-,16+,17+,18-,19-,20+/m1/s1. The Kier molecular flexibility index (Phi) is 17.4. The number of primary amides is 2. The fourth-order valence-corrected chi connectivity index (χ4v) is 7.63. The van der Waals surface area contributed by atoms with E-state index in [4.69, 9.17) is 17.2 Å². The highest BCUT2D eigenvalue weighted by Crippen LogP contribution is 2.27. The Labute approximate surface area is 341 Å². The number of hydrogen-bond acceptors (Lipinski definition) is 16. The first-order chi connectivity index (χ1) is 27.8. The second kappa shape index (κ2) is 21.9. The van der Waals surface area contributed by atoms with Crippen LogP contribution in [0.5, 0.6) is 5.75 Å². The summed E-state index contributed by atoms with van der Waals surface area (Å²) in [4.78, 5) is 139. The number of aromatic hydroxyl groups is 1. The number of nitro benzene ring substituents is 1. The van der Waals surface area contributed by atoms with Crippen LogP contribution in [0.15, 0.2) is 30.5 Å². The summed E-state index contributed by atoms with van der Waals surface area (Å²) >= 11 is 0. The summed E-state index contributed by atoms with van der Waals surface area (Å²) in [6, 6.07) is -5.94. The number of nitrogens with zero attached hydrogens (tertiary/aromatic N) is 2. The first-order valence-corrected chi connectivity index (χ1v) is 19.8. The molecule has 1 saturated heterocycles. The van der Waals surface area contributed by atoms with Crippen molar-refractivity contribution in [2.75, 3.05) is 24.6 Å². The van der Waals surface area contributed by atoms with Crippen molar-refractivity contribution in [1.82, 2.24) is 36.8 Å². The summed E-state index contributed by atoms with van der Waals surface area (Å²) in [5.74, 6) is -11.7. The number of carbonyl (C=O) groups is 10. The van der Waals surface area contributed by atoms with E-state index in [1.165, 1.54) is 18.3 Å². The van der Waals surface area contributed by atoms with Gasteiger partial charge in [0.05, 0.1) is 36.9 Å². The number of fused-ring (bicyclic) bond motifs is 1. The molecule has 0 spiro atoms. The summed E-state index contributed by atoms with van der Waals surface area (Å²) in [5.41, 5.74) is 16.0. The third kappa shape index (κ3) is 14.4. The number of nitrogens with two attached hydrogens (primary N) is 3. The molecular weight excluding hydrogens is 827 g/mol. The lowest BCUT2D eigenvalue weighted by atomic mass is 10.0. The number of nitro groups is 1. The van der Waals surface area contributed by atoms with Gasteiger partial charge in [-0.05, 0) is 18.1 Å². The van der Waals surface area contributed by atoms with Crippen LogP contribution in [0.4, 0.5) is 5.69 Å². The Morgan fingerprint density at radius 1 is 0.831 bits per heavy atom. The van der Waals surface area contributed by atoms with E-state index in [9.17, 15) is 68.3 Å². The topological polar surface area (TPSA) is 408 Å². The summed E-state index contributed by atoms with van der Waals surface area (Å²) in [6.07, 6.45) is 0.409. The van der Waals surface area contributed by atoms with E-state index >= 15 is 0 Å². The molecule has 0 unspecified atom stereocenters. The molecule has 0 saturated carbocycles. The summed E-state index contributed by atoms with van der Waals surface area (Å²) in [6.45, 7) is -1.68. The fraction of sp³-hybridized carbons (Fsp3) is 0.438. The molecule has 1 aromatic carbocycles. The maximum absolute atomic E-state index is 13.5. The number of benzene rings is 1. The Hall–Kier alpha value is -6.48. The van der Waals surface area contributed by atoms with Gasteiger partial charge in [-0.2, -0.15) is 0 Å². The summed E-state index contributed by atoms with van der Waals surface area (Å²) in [5, 5.41) is 44.2. The maximum atomic E-state index is 13.5. The van der Waals surface area contributed by atoms with Crippen LogP contribution in [0.1, 0.15) is 24.8 Å².